The summed E-state index contributed by atoms with van der Waals surface area (Å²) < 4.78 is 0. The molecule has 2 N–H and O–H groups in total. The van der Waals surface area contributed by atoms with Crippen LogP contribution in [-0.4, -0.2) is 5.78 Å². The number of carbonyl (C=O) groups is 1. The van der Waals surface area contributed by atoms with Gasteiger partial charge in [0.2, 0.25) is 0 Å². The van der Waals surface area contributed by atoms with E-state index in [0.717, 1.165) is 5.57 Å². The Labute approximate surface area is 72.5 Å². The summed E-state index contributed by atoms with van der Waals surface area (Å²) in [6.07, 6.45) is 6.15. The SMILES string of the molecule is C=C1CC=C(N)C=CC1C(C)=O. The van der Waals surface area contributed by atoms with Crippen molar-refractivity contribution in [1.82, 2.24) is 0 Å². The molecule has 0 saturated carbocycles. The summed E-state index contributed by atoms with van der Waals surface area (Å²) in [5.74, 6) is -0.0263. The predicted molar refractivity (Wildman–Crippen MR) is 49.3 cm³/mol. The number of Topliss-reactive ketones (excluding diaryl/α,β-unsaturated/α-hetero) is 1. The van der Waals surface area contributed by atoms with E-state index >= 15 is 0 Å². The molecule has 2 heteroatoms. The normalized spacial score (nSPS) is 23.2. The third-order valence-corrected chi connectivity index (χ3v) is 1.96. The number of rotatable bonds is 1. The maximum Gasteiger partial charge on any atom is 0.140 e. The average molecular weight is 163 g/mol. The second-order valence-electron chi connectivity index (χ2n) is 3.01. The zero-order valence-electron chi connectivity index (χ0n) is 7.21. The molecular weight excluding hydrogens is 150 g/mol. The third kappa shape index (κ3) is 1.84. The number of carbonyl (C=O) groups excluding carboxylic acids is 1. The lowest BCUT2D eigenvalue weighted by Gasteiger charge is -2.08. The van der Waals surface area contributed by atoms with Gasteiger partial charge in [0.05, 0.1) is 5.92 Å². The lowest BCUT2D eigenvalue weighted by atomic mass is 9.95. The average Bonchev–Trinajstić information content (AvgIpc) is 2.14. The fourth-order valence-corrected chi connectivity index (χ4v) is 1.21. The zero-order valence-corrected chi connectivity index (χ0v) is 7.21. The van der Waals surface area contributed by atoms with Gasteiger partial charge in [0, 0.05) is 5.70 Å². The molecule has 64 valence electrons. The van der Waals surface area contributed by atoms with Gasteiger partial charge in [0.25, 0.3) is 0 Å². The molecule has 0 spiro atoms. The van der Waals surface area contributed by atoms with Crippen molar-refractivity contribution in [1.29, 1.82) is 0 Å². The van der Waals surface area contributed by atoms with Crippen molar-refractivity contribution in [3.63, 3.8) is 0 Å². The summed E-state index contributed by atoms with van der Waals surface area (Å²) in [7, 11) is 0. The van der Waals surface area contributed by atoms with Gasteiger partial charge in [-0.25, -0.2) is 0 Å². The van der Waals surface area contributed by atoms with Gasteiger partial charge in [-0.05, 0) is 19.4 Å². The first kappa shape index (κ1) is 8.78. The van der Waals surface area contributed by atoms with Crippen LogP contribution in [0.1, 0.15) is 13.3 Å². The number of nitrogens with two attached hydrogens (primary N) is 1. The van der Waals surface area contributed by atoms with Crippen LogP contribution in [0, 0.1) is 5.92 Å². The van der Waals surface area contributed by atoms with Gasteiger partial charge >= 0.3 is 0 Å². The number of hydrogen-bond acceptors (Lipinski definition) is 2. The molecule has 0 fully saturated rings. The predicted octanol–water partition coefficient (Wildman–Crippen LogP) is 1.55. The summed E-state index contributed by atoms with van der Waals surface area (Å²) in [6, 6.07) is 0. The molecule has 0 aromatic carbocycles. The van der Waals surface area contributed by atoms with Crippen LogP contribution in [0.4, 0.5) is 0 Å². The van der Waals surface area contributed by atoms with E-state index in [-0.39, 0.29) is 11.7 Å². The van der Waals surface area contributed by atoms with Gasteiger partial charge in [-0.3, -0.25) is 4.79 Å². The number of allylic oxidation sites excluding steroid dienone is 4. The van der Waals surface area contributed by atoms with E-state index in [1.807, 2.05) is 12.2 Å². The van der Waals surface area contributed by atoms with E-state index in [0.29, 0.717) is 12.1 Å². The highest BCUT2D eigenvalue weighted by atomic mass is 16.1. The van der Waals surface area contributed by atoms with E-state index in [1.54, 1.807) is 13.0 Å². The third-order valence-electron chi connectivity index (χ3n) is 1.96. The van der Waals surface area contributed by atoms with Crippen LogP contribution in [0.5, 0.6) is 0 Å². The summed E-state index contributed by atoms with van der Waals surface area (Å²) in [4.78, 5) is 11.1. The molecule has 1 aliphatic rings. The lowest BCUT2D eigenvalue weighted by Crippen LogP contribution is -2.09. The first-order valence-corrected chi connectivity index (χ1v) is 3.93. The van der Waals surface area contributed by atoms with Crippen molar-refractivity contribution in [2.24, 2.45) is 11.7 Å². The monoisotopic (exact) mass is 163 g/mol. The lowest BCUT2D eigenvalue weighted by molar-refractivity contribution is -0.118. The Bertz CT molecular complexity index is 274. The topological polar surface area (TPSA) is 43.1 Å². The fourth-order valence-electron chi connectivity index (χ4n) is 1.21. The van der Waals surface area contributed by atoms with Crippen molar-refractivity contribution in [2.75, 3.05) is 0 Å². The maximum absolute atomic E-state index is 11.1. The smallest absolute Gasteiger partial charge is 0.140 e. The Morgan fingerprint density at radius 2 is 2.42 bits per heavy atom. The Hall–Kier alpha value is -1.31. The second kappa shape index (κ2) is 3.39. The highest BCUT2D eigenvalue weighted by Gasteiger charge is 2.15. The summed E-state index contributed by atoms with van der Waals surface area (Å²) in [5.41, 5.74) is 7.21. The molecular formula is C10H13NO. The molecule has 0 saturated heterocycles. The molecule has 1 atom stereocenters. The molecule has 0 amide bonds. The van der Waals surface area contributed by atoms with Crippen LogP contribution in [0.15, 0.2) is 36.1 Å². The zero-order chi connectivity index (χ0) is 9.14. The van der Waals surface area contributed by atoms with Gasteiger partial charge in [-0.15, -0.1) is 0 Å². The highest BCUT2D eigenvalue weighted by molar-refractivity contribution is 5.83. The van der Waals surface area contributed by atoms with E-state index in [9.17, 15) is 4.79 Å². The largest absolute Gasteiger partial charge is 0.399 e. The quantitative estimate of drug-likeness (QED) is 0.596. The van der Waals surface area contributed by atoms with Gasteiger partial charge in [0.15, 0.2) is 0 Å². The summed E-state index contributed by atoms with van der Waals surface area (Å²) in [5, 5.41) is 0. The fraction of sp³-hybridized carbons (Fsp3) is 0.300. The molecule has 0 radical (unpaired) electrons. The minimum Gasteiger partial charge on any atom is -0.399 e. The highest BCUT2D eigenvalue weighted by Crippen LogP contribution is 2.20. The van der Waals surface area contributed by atoms with Crippen molar-refractivity contribution in [2.45, 2.75) is 13.3 Å². The van der Waals surface area contributed by atoms with Crippen LogP contribution in [0.25, 0.3) is 0 Å². The van der Waals surface area contributed by atoms with Crippen LogP contribution in [-0.2, 0) is 4.79 Å². The minimum atomic E-state index is -0.151. The molecule has 0 heterocycles. The molecule has 1 aliphatic carbocycles. The molecule has 0 aromatic rings. The Morgan fingerprint density at radius 1 is 1.75 bits per heavy atom. The van der Waals surface area contributed by atoms with Crippen molar-refractivity contribution in [3.05, 3.63) is 36.1 Å². The van der Waals surface area contributed by atoms with Crippen molar-refractivity contribution in [3.8, 4) is 0 Å². The standard InChI is InChI=1S/C10H13NO/c1-7-3-4-9(11)5-6-10(7)8(2)12/h4-6,10H,1,3,11H2,2H3. The molecule has 1 rings (SSSR count). The number of ketones is 1. The van der Waals surface area contributed by atoms with Gasteiger partial charge < -0.3 is 5.73 Å². The van der Waals surface area contributed by atoms with Crippen LogP contribution in [0.2, 0.25) is 0 Å². The molecule has 0 bridgehead atoms. The van der Waals surface area contributed by atoms with E-state index < -0.39 is 0 Å². The number of hydrogen-bond donors (Lipinski definition) is 1. The molecule has 12 heavy (non-hydrogen) atoms. The van der Waals surface area contributed by atoms with Crippen LogP contribution < -0.4 is 5.73 Å². The van der Waals surface area contributed by atoms with Crippen molar-refractivity contribution >= 4 is 5.78 Å². The van der Waals surface area contributed by atoms with E-state index in [2.05, 4.69) is 6.58 Å². The summed E-state index contributed by atoms with van der Waals surface area (Å²) >= 11 is 0. The Balaban J connectivity index is 2.87. The van der Waals surface area contributed by atoms with Gasteiger partial charge in [-0.1, -0.05) is 24.3 Å². The molecule has 1 unspecified atom stereocenters. The minimum absolute atomic E-state index is 0.124. The summed E-state index contributed by atoms with van der Waals surface area (Å²) in [6.45, 7) is 5.41. The van der Waals surface area contributed by atoms with E-state index in [1.165, 1.54) is 0 Å². The molecule has 0 aliphatic heterocycles. The first-order chi connectivity index (χ1) is 5.61. The first-order valence-electron chi connectivity index (χ1n) is 3.93. The van der Waals surface area contributed by atoms with Gasteiger partial charge in [-0.2, -0.15) is 0 Å². The molecule has 2 nitrogen and oxygen atoms in total. The van der Waals surface area contributed by atoms with E-state index in [4.69, 9.17) is 5.73 Å². The maximum atomic E-state index is 11.1. The van der Waals surface area contributed by atoms with Crippen LogP contribution in [0.3, 0.4) is 0 Å². The van der Waals surface area contributed by atoms with Crippen molar-refractivity contribution < 1.29 is 4.79 Å². The Morgan fingerprint density at radius 3 is 3.00 bits per heavy atom. The van der Waals surface area contributed by atoms with Gasteiger partial charge in [0.1, 0.15) is 5.78 Å². The molecule has 0 aromatic heterocycles. The Kier molecular flexibility index (Phi) is 2.48. The van der Waals surface area contributed by atoms with Crippen LogP contribution >= 0.6 is 0 Å². The second-order valence-corrected chi connectivity index (χ2v) is 3.01.